The maximum atomic E-state index is 13.3. The summed E-state index contributed by atoms with van der Waals surface area (Å²) in [7, 11) is -3.47. The molecule has 1 aliphatic heterocycles. The fraction of sp³-hybridized carbons (Fsp3) is 0.421. The number of amides is 1. The van der Waals surface area contributed by atoms with E-state index in [1.54, 1.807) is 32.0 Å². The Hall–Kier alpha value is -1.48. The van der Waals surface area contributed by atoms with Crippen LogP contribution in [-0.4, -0.2) is 31.7 Å². The highest BCUT2D eigenvalue weighted by molar-refractivity contribution is 7.91. The molecular formula is C19H22ClFN2O3S2. The van der Waals surface area contributed by atoms with Crippen LogP contribution < -0.4 is 5.32 Å². The molecule has 0 atom stereocenters. The SMILES string of the molecule is CC(C)(NC(=O)Cc1ccc(S(=O)(=O)N2CCCC2)s1)c1ccc(F)cc1Cl. The van der Waals surface area contributed by atoms with Gasteiger partial charge in [0.2, 0.25) is 5.91 Å². The first kappa shape index (κ1) is 21.2. The Morgan fingerprint density at radius 1 is 1.25 bits per heavy atom. The van der Waals surface area contributed by atoms with Crippen LogP contribution in [0, 0.1) is 5.82 Å². The Bertz CT molecular complexity index is 983. The zero-order valence-corrected chi connectivity index (χ0v) is 18.1. The van der Waals surface area contributed by atoms with Gasteiger partial charge < -0.3 is 5.32 Å². The van der Waals surface area contributed by atoms with Gasteiger partial charge in [-0.25, -0.2) is 12.8 Å². The van der Waals surface area contributed by atoms with E-state index in [0.29, 0.717) is 23.5 Å². The normalized spacial score (nSPS) is 15.7. The summed E-state index contributed by atoms with van der Waals surface area (Å²) in [5.41, 5.74) is -0.198. The third-order valence-electron chi connectivity index (χ3n) is 4.69. The number of carbonyl (C=O) groups excluding carboxylic acids is 1. The highest BCUT2D eigenvalue weighted by atomic mass is 35.5. The van der Waals surface area contributed by atoms with E-state index < -0.39 is 21.4 Å². The molecule has 0 unspecified atom stereocenters. The van der Waals surface area contributed by atoms with Crippen molar-refractivity contribution in [2.75, 3.05) is 13.1 Å². The van der Waals surface area contributed by atoms with E-state index in [9.17, 15) is 17.6 Å². The molecule has 2 aromatic rings. The lowest BCUT2D eigenvalue weighted by Gasteiger charge is -2.28. The minimum atomic E-state index is -3.47. The van der Waals surface area contributed by atoms with Crippen LogP contribution in [-0.2, 0) is 26.8 Å². The number of nitrogens with one attached hydrogen (secondary N) is 1. The minimum absolute atomic E-state index is 0.0580. The molecule has 3 rings (SSSR count). The van der Waals surface area contributed by atoms with Crippen LogP contribution in [0.3, 0.4) is 0 Å². The lowest BCUT2D eigenvalue weighted by Crippen LogP contribution is -2.41. The van der Waals surface area contributed by atoms with Crippen molar-refractivity contribution in [2.45, 2.75) is 42.9 Å². The van der Waals surface area contributed by atoms with Crippen molar-refractivity contribution in [3.05, 3.63) is 51.6 Å². The largest absolute Gasteiger partial charge is 0.347 e. The summed E-state index contributed by atoms with van der Waals surface area (Å²) in [5, 5.41) is 3.12. The Morgan fingerprint density at radius 2 is 1.93 bits per heavy atom. The predicted molar refractivity (Wildman–Crippen MR) is 109 cm³/mol. The second kappa shape index (κ2) is 8.10. The number of thiophene rings is 1. The van der Waals surface area contributed by atoms with Gasteiger partial charge in [-0.3, -0.25) is 4.79 Å². The van der Waals surface area contributed by atoms with Gasteiger partial charge in [0.05, 0.1) is 12.0 Å². The maximum Gasteiger partial charge on any atom is 0.252 e. The summed E-state index contributed by atoms with van der Waals surface area (Å²) in [6, 6.07) is 7.28. The molecular weight excluding hydrogens is 423 g/mol. The third-order valence-corrected chi connectivity index (χ3v) is 8.45. The van der Waals surface area contributed by atoms with Crippen LogP contribution in [0.1, 0.15) is 37.1 Å². The quantitative estimate of drug-likeness (QED) is 0.734. The van der Waals surface area contributed by atoms with Crippen LogP contribution in [0.15, 0.2) is 34.5 Å². The summed E-state index contributed by atoms with van der Waals surface area (Å²) in [6.45, 7) is 4.65. The Balaban J connectivity index is 1.69. The molecule has 0 spiro atoms. The van der Waals surface area contributed by atoms with Gasteiger partial charge in [-0.05, 0) is 56.5 Å². The zero-order chi connectivity index (χ0) is 20.5. The number of sulfonamides is 1. The Labute approximate surface area is 173 Å². The molecule has 1 saturated heterocycles. The summed E-state index contributed by atoms with van der Waals surface area (Å²) in [4.78, 5) is 13.2. The van der Waals surface area contributed by atoms with Crippen LogP contribution in [0.5, 0.6) is 0 Å². The second-order valence-electron chi connectivity index (χ2n) is 7.31. The fourth-order valence-corrected chi connectivity index (χ4v) is 6.69. The Morgan fingerprint density at radius 3 is 2.57 bits per heavy atom. The summed E-state index contributed by atoms with van der Waals surface area (Å²) >= 11 is 7.23. The molecule has 0 bridgehead atoms. The van der Waals surface area contributed by atoms with E-state index in [4.69, 9.17) is 11.6 Å². The van der Waals surface area contributed by atoms with Gasteiger partial charge in [-0.2, -0.15) is 4.31 Å². The first-order valence-electron chi connectivity index (χ1n) is 8.95. The molecule has 1 aliphatic rings. The van der Waals surface area contributed by atoms with E-state index in [2.05, 4.69) is 5.32 Å². The monoisotopic (exact) mass is 444 g/mol. The minimum Gasteiger partial charge on any atom is -0.347 e. The topological polar surface area (TPSA) is 66.5 Å². The standard InChI is InChI=1S/C19H22ClFN2O3S2/c1-19(2,15-7-5-13(21)11-16(15)20)22-17(24)12-14-6-8-18(27-14)28(25,26)23-9-3-4-10-23/h5-8,11H,3-4,9-10,12H2,1-2H3,(H,22,24). The molecule has 0 saturated carbocycles. The van der Waals surface area contributed by atoms with Gasteiger partial charge in [0, 0.05) is 23.0 Å². The molecule has 1 aromatic heterocycles. The number of nitrogens with zero attached hydrogens (tertiary/aromatic N) is 1. The molecule has 1 fully saturated rings. The van der Waals surface area contributed by atoms with E-state index in [0.717, 1.165) is 24.2 Å². The molecule has 152 valence electrons. The van der Waals surface area contributed by atoms with E-state index in [-0.39, 0.29) is 21.6 Å². The highest BCUT2D eigenvalue weighted by Crippen LogP contribution is 2.30. The molecule has 9 heteroatoms. The molecule has 1 aromatic carbocycles. The van der Waals surface area contributed by atoms with Crippen molar-refractivity contribution in [1.82, 2.24) is 9.62 Å². The van der Waals surface area contributed by atoms with E-state index >= 15 is 0 Å². The van der Waals surface area contributed by atoms with Gasteiger partial charge in [0.1, 0.15) is 10.0 Å². The van der Waals surface area contributed by atoms with Crippen molar-refractivity contribution in [2.24, 2.45) is 0 Å². The number of hydrogen-bond donors (Lipinski definition) is 1. The average Bonchev–Trinajstić information content (AvgIpc) is 3.25. The van der Waals surface area contributed by atoms with Gasteiger partial charge in [0.15, 0.2) is 0 Å². The van der Waals surface area contributed by atoms with Crippen molar-refractivity contribution in [3.63, 3.8) is 0 Å². The molecule has 0 aliphatic carbocycles. The van der Waals surface area contributed by atoms with Gasteiger partial charge in [-0.15, -0.1) is 11.3 Å². The maximum absolute atomic E-state index is 13.3. The van der Waals surface area contributed by atoms with Crippen LogP contribution >= 0.6 is 22.9 Å². The smallest absolute Gasteiger partial charge is 0.252 e. The summed E-state index contributed by atoms with van der Waals surface area (Å²) in [5.74, 6) is -0.710. The molecule has 2 heterocycles. The number of halogens is 2. The van der Waals surface area contributed by atoms with Gasteiger partial charge >= 0.3 is 0 Å². The van der Waals surface area contributed by atoms with Gasteiger partial charge in [-0.1, -0.05) is 17.7 Å². The number of hydrogen-bond acceptors (Lipinski definition) is 4. The van der Waals surface area contributed by atoms with Crippen molar-refractivity contribution < 1.29 is 17.6 Å². The number of rotatable bonds is 6. The molecule has 1 N–H and O–H groups in total. The van der Waals surface area contributed by atoms with Crippen LogP contribution in [0.4, 0.5) is 4.39 Å². The second-order valence-corrected chi connectivity index (χ2v) is 11.0. The molecule has 28 heavy (non-hydrogen) atoms. The first-order valence-corrected chi connectivity index (χ1v) is 11.6. The van der Waals surface area contributed by atoms with Crippen LogP contribution in [0.2, 0.25) is 5.02 Å². The van der Waals surface area contributed by atoms with Crippen molar-refractivity contribution >= 4 is 38.9 Å². The zero-order valence-electron chi connectivity index (χ0n) is 15.7. The van der Waals surface area contributed by atoms with E-state index in [1.807, 2.05) is 0 Å². The predicted octanol–water partition coefficient (Wildman–Crippen LogP) is 3.92. The molecule has 5 nitrogen and oxygen atoms in total. The van der Waals surface area contributed by atoms with Crippen molar-refractivity contribution in [1.29, 1.82) is 0 Å². The highest BCUT2D eigenvalue weighted by Gasteiger charge is 2.29. The average molecular weight is 445 g/mol. The Kier molecular flexibility index (Phi) is 6.14. The molecule has 1 amide bonds. The summed E-state index contributed by atoms with van der Waals surface area (Å²) < 4.78 is 40.2. The van der Waals surface area contributed by atoms with Crippen molar-refractivity contribution in [3.8, 4) is 0 Å². The number of benzene rings is 1. The lowest BCUT2D eigenvalue weighted by molar-refractivity contribution is -0.122. The van der Waals surface area contributed by atoms with Gasteiger partial charge in [0.25, 0.3) is 10.0 Å². The molecule has 0 radical (unpaired) electrons. The summed E-state index contributed by atoms with van der Waals surface area (Å²) in [6.07, 6.45) is 1.81. The third kappa shape index (κ3) is 4.56. The van der Waals surface area contributed by atoms with Crippen LogP contribution in [0.25, 0.3) is 0 Å². The number of carbonyl (C=O) groups is 1. The lowest BCUT2D eigenvalue weighted by atomic mass is 9.94. The fourth-order valence-electron chi connectivity index (χ4n) is 3.26. The van der Waals surface area contributed by atoms with E-state index in [1.165, 1.54) is 16.4 Å². The first-order chi connectivity index (χ1) is 13.1.